The van der Waals surface area contributed by atoms with Crippen LogP contribution in [0, 0.1) is 0 Å². The Hall–Kier alpha value is 1.58. The minimum atomic E-state index is 0.452. The number of ether oxygens (including phenoxy) is 1. The maximum Gasteiger partial charge on any atom is 0.160 e. The van der Waals surface area contributed by atoms with E-state index in [1.54, 1.807) is 18.4 Å². The van der Waals surface area contributed by atoms with Crippen molar-refractivity contribution in [1.82, 2.24) is 4.98 Å². The van der Waals surface area contributed by atoms with Gasteiger partial charge in [-0.2, -0.15) is 0 Å². The Morgan fingerprint density at radius 2 is 2.00 bits per heavy atom. The monoisotopic (exact) mass is 665 g/mol. The van der Waals surface area contributed by atoms with Crippen molar-refractivity contribution in [2.24, 2.45) is 0 Å². The first-order chi connectivity index (χ1) is 8.35. The summed E-state index contributed by atoms with van der Waals surface area (Å²) in [5.41, 5.74) is 1.01. The lowest BCUT2D eigenvalue weighted by molar-refractivity contribution is 0.415. The summed E-state index contributed by atoms with van der Waals surface area (Å²) in [7, 11) is 1.66. The molecule has 0 atom stereocenters. The summed E-state index contributed by atoms with van der Waals surface area (Å²) >= 11 is 12.2. The molecule has 100 valence electrons. The van der Waals surface area contributed by atoms with E-state index in [4.69, 9.17) is 4.74 Å². The molecule has 0 spiro atoms. The number of aromatic nitrogens is 1. The Bertz CT molecular complexity index is 512. The average molecular weight is 666 g/mol. The SMILES string of the molecule is CCC(I)(I)I.COc1ccc2nc(Br)sc2c1. The Morgan fingerprint density at radius 3 is 2.50 bits per heavy atom. The quantitative estimate of drug-likeness (QED) is 0.273. The van der Waals surface area contributed by atoms with Crippen LogP contribution in [-0.2, 0) is 0 Å². The van der Waals surface area contributed by atoms with Crippen LogP contribution in [0.15, 0.2) is 22.1 Å². The molecule has 0 saturated carbocycles. The van der Waals surface area contributed by atoms with E-state index in [-0.39, 0.29) is 0 Å². The summed E-state index contributed by atoms with van der Waals surface area (Å²) < 4.78 is 7.59. The molecule has 0 aliphatic heterocycles. The molecule has 0 unspecified atom stereocenters. The molecule has 0 bridgehead atoms. The Balaban J connectivity index is 0.000000232. The first-order valence-electron chi connectivity index (χ1n) is 5.02. The van der Waals surface area contributed by atoms with Gasteiger partial charge in [0.2, 0.25) is 0 Å². The lowest BCUT2D eigenvalue weighted by Gasteiger charge is -2.04. The zero-order chi connectivity index (χ0) is 13.8. The van der Waals surface area contributed by atoms with Gasteiger partial charge < -0.3 is 4.74 Å². The van der Waals surface area contributed by atoms with Crippen molar-refractivity contribution in [2.75, 3.05) is 7.11 Å². The maximum atomic E-state index is 5.10. The van der Waals surface area contributed by atoms with E-state index in [0.717, 1.165) is 19.9 Å². The van der Waals surface area contributed by atoms with Gasteiger partial charge in [-0.3, -0.25) is 0 Å². The van der Waals surface area contributed by atoms with Crippen molar-refractivity contribution >= 4 is 105 Å². The van der Waals surface area contributed by atoms with Crippen LogP contribution < -0.4 is 4.74 Å². The third-order valence-electron chi connectivity index (χ3n) is 1.97. The van der Waals surface area contributed by atoms with Crippen LogP contribution in [0.25, 0.3) is 10.2 Å². The van der Waals surface area contributed by atoms with E-state index in [1.165, 1.54) is 6.42 Å². The first kappa shape index (κ1) is 17.6. The molecule has 2 aromatic rings. The minimum absolute atomic E-state index is 0.452. The summed E-state index contributed by atoms with van der Waals surface area (Å²) in [5.74, 6) is 0.874. The Kier molecular flexibility index (Phi) is 7.96. The van der Waals surface area contributed by atoms with Gasteiger partial charge in [0.1, 0.15) is 5.18 Å². The second kappa shape index (κ2) is 8.13. The zero-order valence-corrected chi connectivity index (χ0v) is 18.6. The molecule has 0 radical (unpaired) electrons. The molecule has 0 amide bonds. The summed E-state index contributed by atoms with van der Waals surface area (Å²) in [6.45, 7) is 2.19. The molecular formula is C11H11BrI3NOS. The second-order valence-electron chi connectivity index (χ2n) is 3.27. The predicted octanol–water partition coefficient (Wildman–Crippen LogP) is 6.42. The molecule has 0 aliphatic carbocycles. The predicted molar refractivity (Wildman–Crippen MR) is 109 cm³/mol. The molecule has 18 heavy (non-hydrogen) atoms. The van der Waals surface area contributed by atoms with Crippen molar-refractivity contribution < 1.29 is 4.74 Å². The fourth-order valence-corrected chi connectivity index (χ4v) is 2.44. The number of rotatable bonds is 2. The zero-order valence-electron chi connectivity index (χ0n) is 9.71. The molecule has 0 aliphatic rings. The average Bonchev–Trinajstić information content (AvgIpc) is 2.67. The first-order valence-corrected chi connectivity index (χ1v) is 9.87. The highest BCUT2D eigenvalue weighted by Crippen LogP contribution is 2.38. The largest absolute Gasteiger partial charge is 0.497 e. The van der Waals surface area contributed by atoms with E-state index in [0.29, 0.717) is -0.565 Å². The Labute approximate surface area is 160 Å². The van der Waals surface area contributed by atoms with Crippen LogP contribution in [0.5, 0.6) is 5.75 Å². The minimum Gasteiger partial charge on any atom is -0.497 e. The summed E-state index contributed by atoms with van der Waals surface area (Å²) in [5, 5.41) is 0. The van der Waals surface area contributed by atoms with E-state index in [1.807, 2.05) is 18.2 Å². The number of hydrogen-bond donors (Lipinski definition) is 0. The second-order valence-corrected chi connectivity index (χ2v) is 17.3. The molecule has 0 saturated heterocycles. The maximum absolute atomic E-state index is 5.10. The van der Waals surface area contributed by atoms with Crippen LogP contribution >= 0.6 is 95.0 Å². The van der Waals surface area contributed by atoms with E-state index < -0.39 is 0 Å². The van der Waals surface area contributed by atoms with Gasteiger partial charge in [-0.15, -0.1) is 11.3 Å². The van der Waals surface area contributed by atoms with Crippen molar-refractivity contribution in [2.45, 2.75) is 12.8 Å². The number of methoxy groups -OCH3 is 1. The van der Waals surface area contributed by atoms with Crippen molar-refractivity contribution in [3.05, 3.63) is 22.1 Å². The molecule has 7 heteroatoms. The third-order valence-corrected chi connectivity index (χ3v) is 5.73. The van der Waals surface area contributed by atoms with Gasteiger partial charge in [0, 0.05) is 0 Å². The van der Waals surface area contributed by atoms with Gasteiger partial charge in [0.25, 0.3) is 0 Å². The molecule has 1 aromatic heterocycles. The van der Waals surface area contributed by atoms with Crippen molar-refractivity contribution in [3.8, 4) is 5.75 Å². The van der Waals surface area contributed by atoms with E-state index >= 15 is 0 Å². The molecule has 2 nitrogen and oxygen atoms in total. The van der Waals surface area contributed by atoms with Gasteiger partial charge >= 0.3 is 0 Å². The highest BCUT2D eigenvalue weighted by atomic mass is 127. The summed E-state index contributed by atoms with van der Waals surface area (Å²) in [6, 6.07) is 5.85. The van der Waals surface area contributed by atoms with E-state index in [2.05, 4.69) is 95.6 Å². The number of alkyl halides is 3. The van der Waals surface area contributed by atoms with Crippen LogP contribution in [0.3, 0.4) is 0 Å². The van der Waals surface area contributed by atoms with Crippen LogP contribution in [-0.4, -0.2) is 11.5 Å². The number of fused-ring (bicyclic) bond motifs is 1. The smallest absolute Gasteiger partial charge is 0.160 e. The molecule has 1 heterocycles. The molecule has 0 N–H and O–H groups in total. The van der Waals surface area contributed by atoms with Crippen LogP contribution in [0.2, 0.25) is 0 Å². The number of nitrogens with zero attached hydrogens (tertiary/aromatic N) is 1. The van der Waals surface area contributed by atoms with Crippen molar-refractivity contribution in [3.63, 3.8) is 0 Å². The van der Waals surface area contributed by atoms with Gasteiger partial charge in [0.05, 0.1) is 17.3 Å². The molecular weight excluding hydrogens is 655 g/mol. The number of thiazole rings is 1. The van der Waals surface area contributed by atoms with Crippen molar-refractivity contribution in [1.29, 1.82) is 0 Å². The topological polar surface area (TPSA) is 22.1 Å². The summed E-state index contributed by atoms with van der Waals surface area (Å²) in [4.78, 5) is 4.27. The van der Waals surface area contributed by atoms with Gasteiger partial charge in [-0.25, -0.2) is 4.98 Å². The molecule has 0 fully saturated rings. The van der Waals surface area contributed by atoms with Gasteiger partial charge in [-0.05, 0) is 40.5 Å². The number of benzene rings is 1. The van der Waals surface area contributed by atoms with Gasteiger partial charge in [-0.1, -0.05) is 74.7 Å². The fraction of sp³-hybridized carbons (Fsp3) is 0.364. The normalized spacial score (nSPS) is 11.0. The summed E-state index contributed by atoms with van der Waals surface area (Å²) in [6.07, 6.45) is 1.23. The number of halogens is 4. The van der Waals surface area contributed by atoms with Gasteiger partial charge in [0.15, 0.2) is 3.92 Å². The fourth-order valence-electron chi connectivity index (χ4n) is 1.00. The van der Waals surface area contributed by atoms with E-state index in [9.17, 15) is 0 Å². The third kappa shape index (κ3) is 6.35. The highest BCUT2D eigenvalue weighted by molar-refractivity contribution is 14.3. The lowest BCUT2D eigenvalue weighted by atomic mass is 10.3. The standard InChI is InChI=1S/C8H6BrNOS.C3H5I3/c1-11-5-2-3-6-7(4-5)12-8(9)10-6;1-2-3(4,5)6/h2-4H,1H3;2H2,1H3. The molecule has 1 aromatic carbocycles. The number of hydrogen-bond acceptors (Lipinski definition) is 3. The molecule has 2 rings (SSSR count). The van der Waals surface area contributed by atoms with Crippen LogP contribution in [0.1, 0.15) is 13.3 Å². The highest BCUT2D eigenvalue weighted by Gasteiger charge is 2.11. The lowest BCUT2D eigenvalue weighted by Crippen LogP contribution is -1.91. The Morgan fingerprint density at radius 1 is 1.39 bits per heavy atom. The van der Waals surface area contributed by atoms with Crippen LogP contribution in [0.4, 0.5) is 0 Å².